The van der Waals surface area contributed by atoms with Gasteiger partial charge in [-0.1, -0.05) is 60.8 Å². The van der Waals surface area contributed by atoms with Crippen LogP contribution in [0.3, 0.4) is 0 Å². The Labute approximate surface area is 91.5 Å². The Morgan fingerprint density at radius 3 is 1.86 bits per heavy atom. The zero-order valence-electron chi connectivity index (χ0n) is 11.1. The summed E-state index contributed by atoms with van der Waals surface area (Å²) in [6, 6.07) is 0. The topological polar surface area (TPSA) is 0 Å². The molecule has 0 aliphatic rings. The van der Waals surface area contributed by atoms with Crippen LogP contribution in [0.2, 0.25) is 0 Å². The maximum atomic E-state index is 2.44. The van der Waals surface area contributed by atoms with Crippen LogP contribution < -0.4 is 0 Å². The highest BCUT2D eigenvalue weighted by molar-refractivity contribution is 5.03. The van der Waals surface area contributed by atoms with E-state index in [4.69, 9.17) is 0 Å². The van der Waals surface area contributed by atoms with Crippen LogP contribution in [0.5, 0.6) is 0 Å². The second-order valence-electron chi connectivity index (χ2n) is 5.22. The van der Waals surface area contributed by atoms with Gasteiger partial charge < -0.3 is 0 Å². The molecule has 0 amide bonds. The van der Waals surface area contributed by atoms with E-state index in [-0.39, 0.29) is 0 Å². The molecule has 0 bridgehead atoms. The van der Waals surface area contributed by atoms with E-state index < -0.39 is 0 Å². The fourth-order valence-corrected chi connectivity index (χ4v) is 2.19. The van der Waals surface area contributed by atoms with Gasteiger partial charge in [0.25, 0.3) is 0 Å². The van der Waals surface area contributed by atoms with E-state index in [2.05, 4.69) is 41.5 Å². The predicted octanol–water partition coefficient (Wildman–Crippen LogP) is 5.23. The van der Waals surface area contributed by atoms with Gasteiger partial charge in [-0.25, -0.2) is 0 Å². The SMILES string of the molecule is CCC[C](CC(C)C)C(C)(CC)CC. The second kappa shape index (κ2) is 6.48. The van der Waals surface area contributed by atoms with Crippen LogP contribution in [0.25, 0.3) is 0 Å². The standard InChI is InChI=1S/C14H29/c1-7-10-13(11-12(4)5)14(6,8-2)9-3/h12H,7-11H2,1-6H3. The lowest BCUT2D eigenvalue weighted by Gasteiger charge is -2.37. The second-order valence-corrected chi connectivity index (χ2v) is 5.22. The minimum Gasteiger partial charge on any atom is -0.0654 e. The average molecular weight is 197 g/mol. The average Bonchev–Trinajstić information content (AvgIpc) is 2.15. The van der Waals surface area contributed by atoms with Crippen molar-refractivity contribution in [3.05, 3.63) is 5.92 Å². The third-order valence-corrected chi connectivity index (χ3v) is 3.62. The molecule has 85 valence electrons. The molecule has 0 atom stereocenters. The van der Waals surface area contributed by atoms with Crippen molar-refractivity contribution in [1.82, 2.24) is 0 Å². The molecule has 0 heteroatoms. The normalized spacial score (nSPS) is 12.9. The van der Waals surface area contributed by atoms with Gasteiger partial charge in [0.05, 0.1) is 0 Å². The van der Waals surface area contributed by atoms with Gasteiger partial charge in [0.2, 0.25) is 0 Å². The Morgan fingerprint density at radius 2 is 1.57 bits per heavy atom. The maximum absolute atomic E-state index is 2.44. The number of rotatable bonds is 7. The molecule has 0 N–H and O–H groups in total. The lowest BCUT2D eigenvalue weighted by atomic mass is 9.68. The molecule has 0 unspecified atom stereocenters. The zero-order valence-corrected chi connectivity index (χ0v) is 11.1. The van der Waals surface area contributed by atoms with Crippen molar-refractivity contribution >= 4 is 0 Å². The van der Waals surface area contributed by atoms with E-state index in [0.717, 1.165) is 5.92 Å². The molecule has 0 saturated heterocycles. The molecule has 0 aliphatic heterocycles. The van der Waals surface area contributed by atoms with Gasteiger partial charge in [-0.2, -0.15) is 0 Å². The Bertz CT molecular complexity index is 131. The predicted molar refractivity (Wildman–Crippen MR) is 66.3 cm³/mol. The quantitative estimate of drug-likeness (QED) is 0.524. The first-order valence-electron chi connectivity index (χ1n) is 6.35. The fourth-order valence-electron chi connectivity index (χ4n) is 2.19. The van der Waals surface area contributed by atoms with E-state index >= 15 is 0 Å². The monoisotopic (exact) mass is 197 g/mol. The molecule has 0 aliphatic carbocycles. The first-order chi connectivity index (χ1) is 6.50. The first-order valence-corrected chi connectivity index (χ1v) is 6.35. The van der Waals surface area contributed by atoms with Crippen molar-refractivity contribution in [2.24, 2.45) is 11.3 Å². The van der Waals surface area contributed by atoms with Crippen molar-refractivity contribution in [3.63, 3.8) is 0 Å². The largest absolute Gasteiger partial charge is 0.0654 e. The van der Waals surface area contributed by atoms with Crippen molar-refractivity contribution in [2.45, 2.75) is 73.6 Å². The molecule has 0 fully saturated rings. The minimum absolute atomic E-state index is 0.500. The Balaban J connectivity index is 4.43. The van der Waals surface area contributed by atoms with Gasteiger partial charge in [0.15, 0.2) is 0 Å². The molecule has 0 rings (SSSR count). The summed E-state index contributed by atoms with van der Waals surface area (Å²) in [6.45, 7) is 14.1. The first kappa shape index (κ1) is 14.0. The smallest absolute Gasteiger partial charge is 0.0180 e. The van der Waals surface area contributed by atoms with Gasteiger partial charge in [-0.05, 0) is 30.1 Å². The lowest BCUT2D eigenvalue weighted by Crippen LogP contribution is -2.25. The van der Waals surface area contributed by atoms with Gasteiger partial charge in [0, 0.05) is 0 Å². The van der Waals surface area contributed by atoms with Crippen LogP contribution >= 0.6 is 0 Å². The highest BCUT2D eigenvalue weighted by Gasteiger charge is 2.30. The van der Waals surface area contributed by atoms with Gasteiger partial charge in [-0.15, -0.1) is 0 Å². The van der Waals surface area contributed by atoms with Crippen LogP contribution in [-0.4, -0.2) is 0 Å². The van der Waals surface area contributed by atoms with Crippen molar-refractivity contribution in [2.75, 3.05) is 0 Å². The van der Waals surface area contributed by atoms with Crippen LogP contribution in [0.1, 0.15) is 73.6 Å². The van der Waals surface area contributed by atoms with Gasteiger partial charge in [-0.3, -0.25) is 0 Å². The molecule has 0 saturated carbocycles. The summed E-state index contributed by atoms with van der Waals surface area (Å²) >= 11 is 0. The molecular weight excluding hydrogens is 168 g/mol. The molecular formula is C14H29. The summed E-state index contributed by atoms with van der Waals surface area (Å²) in [7, 11) is 0. The van der Waals surface area contributed by atoms with E-state index in [0.29, 0.717) is 5.41 Å². The molecule has 0 aromatic carbocycles. The van der Waals surface area contributed by atoms with Gasteiger partial charge in [0.1, 0.15) is 0 Å². The van der Waals surface area contributed by atoms with E-state index in [9.17, 15) is 0 Å². The third kappa shape index (κ3) is 4.02. The van der Waals surface area contributed by atoms with Crippen LogP contribution in [0.4, 0.5) is 0 Å². The van der Waals surface area contributed by atoms with Crippen LogP contribution in [-0.2, 0) is 0 Å². The number of hydrogen-bond donors (Lipinski definition) is 0. The van der Waals surface area contributed by atoms with Crippen LogP contribution in [0, 0.1) is 17.3 Å². The van der Waals surface area contributed by atoms with Crippen molar-refractivity contribution in [3.8, 4) is 0 Å². The van der Waals surface area contributed by atoms with Crippen LogP contribution in [0.15, 0.2) is 0 Å². The maximum Gasteiger partial charge on any atom is -0.0180 e. The molecule has 0 aromatic rings. The summed E-state index contributed by atoms with van der Waals surface area (Å²) in [5.74, 6) is 2.62. The Morgan fingerprint density at radius 1 is 1.07 bits per heavy atom. The summed E-state index contributed by atoms with van der Waals surface area (Å²) < 4.78 is 0. The molecule has 14 heavy (non-hydrogen) atoms. The molecule has 0 aromatic heterocycles. The summed E-state index contributed by atoms with van der Waals surface area (Å²) in [6.07, 6.45) is 6.55. The number of hydrogen-bond acceptors (Lipinski definition) is 0. The third-order valence-electron chi connectivity index (χ3n) is 3.62. The Hall–Kier alpha value is 0. The molecule has 0 spiro atoms. The zero-order chi connectivity index (χ0) is 11.2. The minimum atomic E-state index is 0.500. The van der Waals surface area contributed by atoms with Crippen molar-refractivity contribution < 1.29 is 0 Å². The van der Waals surface area contributed by atoms with Gasteiger partial charge >= 0.3 is 0 Å². The van der Waals surface area contributed by atoms with E-state index in [1.165, 1.54) is 32.1 Å². The molecule has 0 heterocycles. The summed E-state index contributed by atoms with van der Waals surface area (Å²) in [5, 5.41) is 0. The summed E-state index contributed by atoms with van der Waals surface area (Å²) in [5.41, 5.74) is 0.500. The lowest BCUT2D eigenvalue weighted by molar-refractivity contribution is 0.271. The molecule has 1 radical (unpaired) electrons. The molecule has 0 nitrogen and oxygen atoms in total. The van der Waals surface area contributed by atoms with Crippen molar-refractivity contribution in [1.29, 1.82) is 0 Å². The highest BCUT2D eigenvalue weighted by atomic mass is 14.3. The Kier molecular flexibility index (Phi) is 6.48. The highest BCUT2D eigenvalue weighted by Crippen LogP contribution is 2.42. The van der Waals surface area contributed by atoms with E-state index in [1.54, 1.807) is 5.92 Å². The summed E-state index contributed by atoms with van der Waals surface area (Å²) in [4.78, 5) is 0. The van der Waals surface area contributed by atoms with E-state index in [1.807, 2.05) is 0 Å². The fraction of sp³-hybridized carbons (Fsp3) is 0.929.